The summed E-state index contributed by atoms with van der Waals surface area (Å²) in [6.07, 6.45) is 4.16. The Labute approximate surface area is 105 Å². The Bertz CT molecular complexity index is 552. The zero-order chi connectivity index (χ0) is 13.0. The number of aldehydes is 1. The number of rotatable bonds is 4. The summed E-state index contributed by atoms with van der Waals surface area (Å²) in [5, 5.41) is 0. The third kappa shape index (κ3) is 2.18. The molecule has 0 atom stereocenters. The molecule has 2 aromatic rings. The Morgan fingerprint density at radius 3 is 2.33 bits per heavy atom. The third-order valence-corrected chi connectivity index (χ3v) is 2.65. The topological polar surface area (TPSA) is 48.4 Å². The molecule has 4 nitrogen and oxygen atoms in total. The average molecular weight is 243 g/mol. The zero-order valence-corrected chi connectivity index (χ0v) is 10.2. The summed E-state index contributed by atoms with van der Waals surface area (Å²) in [6, 6.07) is 7.34. The van der Waals surface area contributed by atoms with Gasteiger partial charge in [-0.1, -0.05) is 0 Å². The first-order valence-corrected chi connectivity index (χ1v) is 5.41. The van der Waals surface area contributed by atoms with Crippen LogP contribution in [0.3, 0.4) is 0 Å². The predicted octanol–water partition coefficient (Wildman–Crippen LogP) is 2.58. The zero-order valence-electron chi connectivity index (χ0n) is 10.2. The minimum absolute atomic E-state index is 0.449. The minimum Gasteiger partial charge on any atom is -0.493 e. The summed E-state index contributed by atoms with van der Waals surface area (Å²) < 4.78 is 10.4. The van der Waals surface area contributed by atoms with Crippen molar-refractivity contribution in [3.63, 3.8) is 0 Å². The first-order chi connectivity index (χ1) is 8.80. The monoisotopic (exact) mass is 243 g/mol. The second-order valence-corrected chi connectivity index (χ2v) is 3.65. The van der Waals surface area contributed by atoms with Crippen LogP contribution in [0.5, 0.6) is 11.5 Å². The van der Waals surface area contributed by atoms with Crippen molar-refractivity contribution in [2.45, 2.75) is 0 Å². The number of nitrogens with zero attached hydrogens (tertiary/aromatic N) is 1. The number of carbonyl (C=O) groups excluding carboxylic acids is 1. The van der Waals surface area contributed by atoms with Gasteiger partial charge >= 0.3 is 0 Å². The Balaban J connectivity index is 2.60. The van der Waals surface area contributed by atoms with Crippen LogP contribution < -0.4 is 9.47 Å². The molecule has 1 aromatic heterocycles. The highest BCUT2D eigenvalue weighted by Crippen LogP contribution is 2.35. The fourth-order valence-corrected chi connectivity index (χ4v) is 1.79. The minimum atomic E-state index is 0.449. The van der Waals surface area contributed by atoms with E-state index in [0.717, 1.165) is 17.4 Å². The van der Waals surface area contributed by atoms with E-state index < -0.39 is 0 Å². The van der Waals surface area contributed by atoms with E-state index in [1.807, 2.05) is 18.2 Å². The second kappa shape index (κ2) is 5.31. The molecule has 2 rings (SSSR count). The van der Waals surface area contributed by atoms with Crippen molar-refractivity contribution in [2.24, 2.45) is 0 Å². The summed E-state index contributed by atoms with van der Waals surface area (Å²) in [7, 11) is 3.06. The van der Waals surface area contributed by atoms with Gasteiger partial charge in [0.25, 0.3) is 0 Å². The van der Waals surface area contributed by atoms with Crippen molar-refractivity contribution in [3.8, 4) is 22.6 Å². The van der Waals surface area contributed by atoms with Crippen molar-refractivity contribution < 1.29 is 14.3 Å². The van der Waals surface area contributed by atoms with E-state index >= 15 is 0 Å². The van der Waals surface area contributed by atoms with E-state index in [-0.39, 0.29) is 0 Å². The van der Waals surface area contributed by atoms with Gasteiger partial charge in [0.15, 0.2) is 17.8 Å². The van der Waals surface area contributed by atoms with Crippen LogP contribution in [0.4, 0.5) is 0 Å². The molecule has 0 aliphatic carbocycles. The molecule has 0 amide bonds. The van der Waals surface area contributed by atoms with Crippen LogP contribution >= 0.6 is 0 Å². The molecule has 0 bridgehead atoms. The highest BCUT2D eigenvalue weighted by atomic mass is 16.5. The molecule has 0 saturated heterocycles. The van der Waals surface area contributed by atoms with E-state index in [9.17, 15) is 4.79 Å². The van der Waals surface area contributed by atoms with Crippen molar-refractivity contribution in [3.05, 3.63) is 42.2 Å². The normalized spacial score (nSPS) is 9.89. The largest absolute Gasteiger partial charge is 0.493 e. The molecular weight excluding hydrogens is 230 g/mol. The lowest BCUT2D eigenvalue weighted by Gasteiger charge is -2.12. The van der Waals surface area contributed by atoms with Crippen molar-refractivity contribution in [1.82, 2.24) is 4.98 Å². The lowest BCUT2D eigenvalue weighted by molar-refractivity contribution is 0.112. The van der Waals surface area contributed by atoms with Crippen LogP contribution in [0.15, 0.2) is 36.7 Å². The Kier molecular flexibility index (Phi) is 3.57. The number of aromatic nitrogens is 1. The van der Waals surface area contributed by atoms with Gasteiger partial charge in [-0.2, -0.15) is 0 Å². The molecule has 0 fully saturated rings. The molecule has 4 heteroatoms. The molecule has 0 aliphatic heterocycles. The van der Waals surface area contributed by atoms with Crippen molar-refractivity contribution in [2.75, 3.05) is 14.2 Å². The highest BCUT2D eigenvalue weighted by molar-refractivity contribution is 5.85. The fraction of sp³-hybridized carbons (Fsp3) is 0.143. The van der Waals surface area contributed by atoms with E-state index in [1.54, 1.807) is 25.6 Å². The molecule has 1 aromatic carbocycles. The highest BCUT2D eigenvalue weighted by Gasteiger charge is 2.12. The number of methoxy groups -OCH3 is 2. The standard InChI is InChI=1S/C14H13NO3/c1-17-13-8-11(10-3-5-15-6-4-10)7-12(9-16)14(13)18-2/h3-9H,1-2H3. The van der Waals surface area contributed by atoms with Crippen molar-refractivity contribution >= 4 is 6.29 Å². The van der Waals surface area contributed by atoms with E-state index in [2.05, 4.69) is 4.98 Å². The predicted molar refractivity (Wildman–Crippen MR) is 68.2 cm³/mol. The molecular formula is C14H13NO3. The lowest BCUT2D eigenvalue weighted by Crippen LogP contribution is -1.96. The van der Waals surface area contributed by atoms with Crippen LogP contribution in [0.2, 0.25) is 0 Å². The maximum Gasteiger partial charge on any atom is 0.171 e. The SMILES string of the molecule is COc1cc(-c2ccncc2)cc(C=O)c1OC. The van der Waals surface area contributed by atoms with Crippen LogP contribution in [-0.2, 0) is 0 Å². The Morgan fingerprint density at radius 1 is 1.06 bits per heavy atom. The molecule has 0 spiro atoms. The Hall–Kier alpha value is -2.36. The van der Waals surface area contributed by atoms with Gasteiger partial charge in [0.2, 0.25) is 0 Å². The first-order valence-electron chi connectivity index (χ1n) is 5.41. The summed E-state index contributed by atoms with van der Waals surface area (Å²) in [6.45, 7) is 0. The van der Waals surface area contributed by atoms with Crippen LogP contribution in [0.25, 0.3) is 11.1 Å². The van der Waals surface area contributed by atoms with Crippen LogP contribution in [-0.4, -0.2) is 25.5 Å². The fourth-order valence-electron chi connectivity index (χ4n) is 1.79. The molecule has 92 valence electrons. The maximum atomic E-state index is 11.1. The van der Waals surface area contributed by atoms with Crippen LogP contribution in [0, 0.1) is 0 Å². The van der Waals surface area contributed by atoms with Crippen LogP contribution in [0.1, 0.15) is 10.4 Å². The molecule has 1 heterocycles. The van der Waals surface area contributed by atoms with Gasteiger partial charge in [0.1, 0.15) is 0 Å². The number of carbonyl (C=O) groups is 1. The van der Waals surface area contributed by atoms with E-state index in [4.69, 9.17) is 9.47 Å². The third-order valence-electron chi connectivity index (χ3n) is 2.65. The van der Waals surface area contributed by atoms with Gasteiger partial charge in [0, 0.05) is 12.4 Å². The van der Waals surface area contributed by atoms with Crippen molar-refractivity contribution in [1.29, 1.82) is 0 Å². The maximum absolute atomic E-state index is 11.1. The summed E-state index contributed by atoms with van der Waals surface area (Å²) in [5.41, 5.74) is 2.31. The molecule has 0 N–H and O–H groups in total. The molecule has 0 aliphatic rings. The quantitative estimate of drug-likeness (QED) is 0.774. The van der Waals surface area contributed by atoms with Gasteiger partial charge < -0.3 is 9.47 Å². The average Bonchev–Trinajstić information content (AvgIpc) is 2.46. The van der Waals surface area contributed by atoms with E-state index in [0.29, 0.717) is 17.1 Å². The summed E-state index contributed by atoms with van der Waals surface area (Å²) >= 11 is 0. The number of hydrogen-bond acceptors (Lipinski definition) is 4. The van der Waals surface area contributed by atoms with E-state index in [1.165, 1.54) is 7.11 Å². The summed E-state index contributed by atoms with van der Waals surface area (Å²) in [5.74, 6) is 0.985. The number of pyridine rings is 1. The number of benzene rings is 1. The van der Waals surface area contributed by atoms with Gasteiger partial charge in [-0.25, -0.2) is 0 Å². The first kappa shape index (κ1) is 12.1. The number of ether oxygens (including phenoxy) is 2. The van der Waals surface area contributed by atoms with Gasteiger partial charge in [0.05, 0.1) is 19.8 Å². The molecule has 18 heavy (non-hydrogen) atoms. The molecule has 0 radical (unpaired) electrons. The van der Waals surface area contributed by atoms with Gasteiger partial charge in [-0.15, -0.1) is 0 Å². The second-order valence-electron chi connectivity index (χ2n) is 3.65. The summed E-state index contributed by atoms with van der Waals surface area (Å²) in [4.78, 5) is 15.1. The molecule has 0 saturated carbocycles. The number of hydrogen-bond donors (Lipinski definition) is 0. The van der Waals surface area contributed by atoms with Gasteiger partial charge in [-0.05, 0) is 35.4 Å². The Morgan fingerprint density at radius 2 is 1.78 bits per heavy atom. The molecule has 0 unspecified atom stereocenters. The smallest absolute Gasteiger partial charge is 0.171 e. The van der Waals surface area contributed by atoms with Gasteiger partial charge in [-0.3, -0.25) is 9.78 Å². The lowest BCUT2D eigenvalue weighted by atomic mass is 10.0.